The standard InChI is InChI=1S/C22H29NO3/c1-6-20(26-21-9-7-8-16(3)18(21)5)22(24)23-12-13-25-19-11-10-15(2)17(4)14-19/h7-11,14,20H,6,12-13H2,1-5H3,(H,23,24). The molecule has 0 bridgehead atoms. The number of benzene rings is 2. The topological polar surface area (TPSA) is 47.6 Å². The normalized spacial score (nSPS) is 11.7. The predicted octanol–water partition coefficient (Wildman–Crippen LogP) is 4.27. The minimum atomic E-state index is -0.503. The van der Waals surface area contributed by atoms with Gasteiger partial charge in [0, 0.05) is 0 Å². The highest BCUT2D eigenvalue weighted by Crippen LogP contribution is 2.22. The van der Waals surface area contributed by atoms with Gasteiger partial charge in [0.05, 0.1) is 6.54 Å². The Hall–Kier alpha value is -2.49. The molecule has 0 aliphatic heterocycles. The number of ether oxygens (including phenoxy) is 2. The van der Waals surface area contributed by atoms with Crippen LogP contribution in [0.15, 0.2) is 36.4 Å². The van der Waals surface area contributed by atoms with Crippen molar-refractivity contribution in [2.75, 3.05) is 13.2 Å². The van der Waals surface area contributed by atoms with Crippen LogP contribution < -0.4 is 14.8 Å². The summed E-state index contributed by atoms with van der Waals surface area (Å²) in [4.78, 5) is 12.4. The average molecular weight is 355 g/mol. The lowest BCUT2D eigenvalue weighted by Gasteiger charge is -2.19. The first-order valence-electron chi connectivity index (χ1n) is 9.13. The molecule has 0 saturated heterocycles. The van der Waals surface area contributed by atoms with E-state index in [0.717, 1.165) is 22.6 Å². The minimum absolute atomic E-state index is 0.114. The van der Waals surface area contributed by atoms with E-state index in [2.05, 4.69) is 19.2 Å². The van der Waals surface area contributed by atoms with Gasteiger partial charge in [-0.3, -0.25) is 4.79 Å². The third-order valence-electron chi connectivity index (χ3n) is 4.64. The fourth-order valence-corrected chi connectivity index (χ4v) is 2.59. The summed E-state index contributed by atoms with van der Waals surface area (Å²) >= 11 is 0. The summed E-state index contributed by atoms with van der Waals surface area (Å²) in [7, 11) is 0. The second-order valence-corrected chi connectivity index (χ2v) is 6.60. The van der Waals surface area contributed by atoms with Gasteiger partial charge in [-0.05, 0) is 74.6 Å². The molecule has 0 aliphatic rings. The van der Waals surface area contributed by atoms with Crippen LogP contribution in [-0.4, -0.2) is 25.2 Å². The Labute approximate surface area is 156 Å². The second kappa shape index (κ2) is 9.27. The highest BCUT2D eigenvalue weighted by Gasteiger charge is 2.19. The van der Waals surface area contributed by atoms with Gasteiger partial charge in [-0.2, -0.15) is 0 Å². The maximum atomic E-state index is 12.4. The molecule has 0 spiro atoms. The zero-order chi connectivity index (χ0) is 19.1. The highest BCUT2D eigenvalue weighted by molar-refractivity contribution is 5.81. The molecule has 1 unspecified atom stereocenters. The predicted molar refractivity (Wildman–Crippen MR) is 105 cm³/mol. The average Bonchev–Trinajstić information content (AvgIpc) is 2.62. The van der Waals surface area contributed by atoms with Crippen LogP contribution in [0, 0.1) is 27.7 Å². The zero-order valence-electron chi connectivity index (χ0n) is 16.4. The number of carbonyl (C=O) groups is 1. The summed E-state index contributed by atoms with van der Waals surface area (Å²) < 4.78 is 11.6. The Bertz CT molecular complexity index is 755. The van der Waals surface area contributed by atoms with Gasteiger partial charge < -0.3 is 14.8 Å². The Kier molecular flexibility index (Phi) is 7.07. The molecule has 1 N–H and O–H groups in total. The quantitative estimate of drug-likeness (QED) is 0.719. The molecule has 1 atom stereocenters. The molecule has 2 rings (SSSR count). The van der Waals surface area contributed by atoms with E-state index in [-0.39, 0.29) is 5.91 Å². The van der Waals surface area contributed by atoms with Crippen LogP contribution in [-0.2, 0) is 4.79 Å². The first-order valence-corrected chi connectivity index (χ1v) is 9.13. The molecule has 0 radical (unpaired) electrons. The summed E-state index contributed by atoms with van der Waals surface area (Å²) in [5, 5.41) is 2.90. The summed E-state index contributed by atoms with van der Waals surface area (Å²) in [6.07, 6.45) is 0.106. The van der Waals surface area contributed by atoms with E-state index in [4.69, 9.17) is 9.47 Å². The molecule has 1 amide bonds. The summed E-state index contributed by atoms with van der Waals surface area (Å²) in [6.45, 7) is 11.0. The Morgan fingerprint density at radius 3 is 2.50 bits per heavy atom. The number of aryl methyl sites for hydroxylation is 3. The van der Waals surface area contributed by atoms with Gasteiger partial charge >= 0.3 is 0 Å². The smallest absolute Gasteiger partial charge is 0.261 e. The van der Waals surface area contributed by atoms with Gasteiger partial charge in [-0.1, -0.05) is 25.1 Å². The number of hydrogen-bond acceptors (Lipinski definition) is 3. The molecule has 0 saturated carbocycles. The summed E-state index contributed by atoms with van der Waals surface area (Å²) in [6, 6.07) is 11.9. The lowest BCUT2D eigenvalue weighted by Crippen LogP contribution is -2.39. The fraction of sp³-hybridized carbons (Fsp3) is 0.409. The fourth-order valence-electron chi connectivity index (χ4n) is 2.59. The number of amides is 1. The van der Waals surface area contributed by atoms with Gasteiger partial charge in [-0.25, -0.2) is 0 Å². The van der Waals surface area contributed by atoms with Gasteiger partial charge in [0.2, 0.25) is 0 Å². The van der Waals surface area contributed by atoms with Crippen molar-refractivity contribution < 1.29 is 14.3 Å². The van der Waals surface area contributed by atoms with Crippen LogP contribution in [0.4, 0.5) is 0 Å². The van der Waals surface area contributed by atoms with Crippen LogP contribution in [0.5, 0.6) is 11.5 Å². The number of carbonyl (C=O) groups excluding carboxylic acids is 1. The highest BCUT2D eigenvalue weighted by atomic mass is 16.5. The third-order valence-corrected chi connectivity index (χ3v) is 4.64. The van der Waals surface area contributed by atoms with E-state index >= 15 is 0 Å². The lowest BCUT2D eigenvalue weighted by atomic mass is 10.1. The Balaban J connectivity index is 1.83. The van der Waals surface area contributed by atoms with Crippen molar-refractivity contribution >= 4 is 5.91 Å². The molecular weight excluding hydrogens is 326 g/mol. The largest absolute Gasteiger partial charge is 0.492 e. The van der Waals surface area contributed by atoms with E-state index in [9.17, 15) is 4.79 Å². The van der Waals surface area contributed by atoms with Crippen LogP contribution in [0.2, 0.25) is 0 Å². The molecule has 0 aliphatic carbocycles. The first-order chi connectivity index (χ1) is 12.4. The van der Waals surface area contributed by atoms with Gasteiger partial charge in [0.15, 0.2) is 6.10 Å². The molecule has 0 heterocycles. The van der Waals surface area contributed by atoms with Crippen LogP contribution in [0.3, 0.4) is 0 Å². The SMILES string of the molecule is CCC(Oc1cccc(C)c1C)C(=O)NCCOc1ccc(C)c(C)c1. The van der Waals surface area contributed by atoms with Crippen molar-refractivity contribution in [3.05, 3.63) is 58.7 Å². The van der Waals surface area contributed by atoms with Crippen molar-refractivity contribution in [2.24, 2.45) is 0 Å². The molecule has 140 valence electrons. The molecule has 26 heavy (non-hydrogen) atoms. The van der Waals surface area contributed by atoms with Crippen molar-refractivity contribution in [3.8, 4) is 11.5 Å². The molecule has 0 aromatic heterocycles. The molecular formula is C22H29NO3. The molecule has 4 nitrogen and oxygen atoms in total. The van der Waals surface area contributed by atoms with Crippen molar-refractivity contribution in [3.63, 3.8) is 0 Å². The van der Waals surface area contributed by atoms with Crippen molar-refractivity contribution in [2.45, 2.75) is 47.1 Å². The first kappa shape index (κ1) is 19.8. The molecule has 0 fully saturated rings. The number of nitrogens with one attached hydrogen (secondary N) is 1. The zero-order valence-corrected chi connectivity index (χ0v) is 16.4. The van der Waals surface area contributed by atoms with E-state index in [0.29, 0.717) is 19.6 Å². The summed E-state index contributed by atoms with van der Waals surface area (Å²) in [5.74, 6) is 1.47. The number of rotatable bonds is 8. The van der Waals surface area contributed by atoms with E-state index in [1.807, 2.05) is 57.2 Å². The van der Waals surface area contributed by atoms with Crippen LogP contribution in [0.1, 0.15) is 35.6 Å². The molecule has 4 heteroatoms. The molecule has 2 aromatic carbocycles. The van der Waals surface area contributed by atoms with Crippen molar-refractivity contribution in [1.82, 2.24) is 5.32 Å². The Morgan fingerprint density at radius 2 is 1.81 bits per heavy atom. The van der Waals surface area contributed by atoms with Crippen LogP contribution in [0.25, 0.3) is 0 Å². The van der Waals surface area contributed by atoms with Gasteiger partial charge in [0.1, 0.15) is 18.1 Å². The van der Waals surface area contributed by atoms with Gasteiger partial charge in [-0.15, -0.1) is 0 Å². The van der Waals surface area contributed by atoms with Crippen molar-refractivity contribution in [1.29, 1.82) is 0 Å². The Morgan fingerprint density at radius 1 is 1.04 bits per heavy atom. The van der Waals surface area contributed by atoms with E-state index in [1.54, 1.807) is 0 Å². The summed E-state index contributed by atoms with van der Waals surface area (Å²) in [5.41, 5.74) is 4.65. The third kappa shape index (κ3) is 5.25. The minimum Gasteiger partial charge on any atom is -0.492 e. The lowest BCUT2D eigenvalue weighted by molar-refractivity contribution is -0.128. The maximum absolute atomic E-state index is 12.4. The van der Waals surface area contributed by atoms with E-state index < -0.39 is 6.10 Å². The van der Waals surface area contributed by atoms with Gasteiger partial charge in [0.25, 0.3) is 5.91 Å². The molecule has 2 aromatic rings. The van der Waals surface area contributed by atoms with E-state index in [1.165, 1.54) is 11.1 Å². The second-order valence-electron chi connectivity index (χ2n) is 6.60. The number of hydrogen-bond donors (Lipinski definition) is 1. The van der Waals surface area contributed by atoms with Crippen LogP contribution >= 0.6 is 0 Å². The monoisotopic (exact) mass is 355 g/mol. The maximum Gasteiger partial charge on any atom is 0.261 e.